The first-order chi connectivity index (χ1) is 10.6. The molecule has 1 aromatic rings. The first-order valence-corrected chi connectivity index (χ1v) is 8.23. The van der Waals surface area contributed by atoms with E-state index in [1.807, 2.05) is 0 Å². The average molecular weight is 303 g/mol. The molecule has 1 aliphatic rings. The monoisotopic (exact) mass is 303 g/mol. The molecule has 1 fully saturated rings. The van der Waals surface area contributed by atoms with Crippen LogP contribution in [0.5, 0.6) is 0 Å². The highest BCUT2D eigenvalue weighted by Gasteiger charge is 2.25. The van der Waals surface area contributed by atoms with Crippen molar-refractivity contribution < 1.29 is 14.7 Å². The predicted molar refractivity (Wildman–Crippen MR) is 86.0 cm³/mol. The molecule has 22 heavy (non-hydrogen) atoms. The summed E-state index contributed by atoms with van der Waals surface area (Å²) in [6.45, 7) is 3.06. The van der Waals surface area contributed by atoms with E-state index < -0.39 is 5.97 Å². The summed E-state index contributed by atoms with van der Waals surface area (Å²) in [7, 11) is 0. The second kappa shape index (κ2) is 7.97. The third-order valence-corrected chi connectivity index (χ3v) is 4.40. The van der Waals surface area contributed by atoms with E-state index in [0.29, 0.717) is 18.9 Å². The van der Waals surface area contributed by atoms with Gasteiger partial charge in [0.05, 0.1) is 5.56 Å². The van der Waals surface area contributed by atoms with Gasteiger partial charge in [-0.2, -0.15) is 0 Å². The standard InChI is InChI=1S/C18H25NO3/c1-2-5-16-6-3-4-13-19(16)17(20)12-9-14-7-10-15(11-8-14)18(21)22/h7-8,10-11,16H,2-6,9,12-13H2,1H3,(H,21,22). The van der Waals surface area contributed by atoms with Crippen LogP contribution >= 0.6 is 0 Å². The van der Waals surface area contributed by atoms with Crippen LogP contribution in [0.25, 0.3) is 0 Å². The lowest BCUT2D eigenvalue weighted by molar-refractivity contribution is -0.135. The van der Waals surface area contributed by atoms with Gasteiger partial charge >= 0.3 is 5.97 Å². The van der Waals surface area contributed by atoms with Gasteiger partial charge in [0.15, 0.2) is 0 Å². The van der Waals surface area contributed by atoms with E-state index in [4.69, 9.17) is 5.11 Å². The average Bonchev–Trinajstić information content (AvgIpc) is 2.54. The summed E-state index contributed by atoms with van der Waals surface area (Å²) in [4.78, 5) is 25.4. The van der Waals surface area contributed by atoms with Crippen molar-refractivity contribution in [3.8, 4) is 0 Å². The Balaban J connectivity index is 1.89. The number of hydrogen-bond acceptors (Lipinski definition) is 2. The lowest BCUT2D eigenvalue weighted by atomic mass is 9.97. The maximum atomic E-state index is 12.5. The summed E-state index contributed by atoms with van der Waals surface area (Å²) in [5.41, 5.74) is 1.30. The molecule has 0 aliphatic carbocycles. The molecular weight excluding hydrogens is 278 g/mol. The fourth-order valence-corrected chi connectivity index (χ4v) is 3.17. The number of rotatable bonds is 6. The zero-order valence-corrected chi connectivity index (χ0v) is 13.3. The molecule has 0 saturated carbocycles. The second-order valence-electron chi connectivity index (χ2n) is 6.03. The van der Waals surface area contributed by atoms with Gasteiger partial charge in [0, 0.05) is 19.0 Å². The molecule has 2 rings (SSSR count). The zero-order chi connectivity index (χ0) is 15.9. The number of piperidine rings is 1. The summed E-state index contributed by atoms with van der Waals surface area (Å²) < 4.78 is 0. The molecule has 1 aromatic carbocycles. The van der Waals surface area contributed by atoms with Gasteiger partial charge in [-0.1, -0.05) is 25.5 Å². The SMILES string of the molecule is CCCC1CCCCN1C(=O)CCc1ccc(C(=O)O)cc1. The quantitative estimate of drug-likeness (QED) is 0.875. The van der Waals surface area contributed by atoms with E-state index in [2.05, 4.69) is 11.8 Å². The van der Waals surface area contributed by atoms with Crippen LogP contribution in [-0.4, -0.2) is 34.5 Å². The molecule has 0 bridgehead atoms. The highest BCUT2D eigenvalue weighted by molar-refractivity contribution is 5.87. The van der Waals surface area contributed by atoms with Crippen LogP contribution in [0.2, 0.25) is 0 Å². The molecular formula is C18H25NO3. The van der Waals surface area contributed by atoms with Gasteiger partial charge in [-0.15, -0.1) is 0 Å². The van der Waals surface area contributed by atoms with E-state index in [0.717, 1.165) is 37.8 Å². The number of carboxylic acids is 1. The van der Waals surface area contributed by atoms with Crippen LogP contribution in [0.4, 0.5) is 0 Å². The van der Waals surface area contributed by atoms with Crippen LogP contribution in [0, 0.1) is 0 Å². The minimum Gasteiger partial charge on any atom is -0.478 e. The molecule has 4 nitrogen and oxygen atoms in total. The highest BCUT2D eigenvalue weighted by Crippen LogP contribution is 2.22. The fourth-order valence-electron chi connectivity index (χ4n) is 3.17. The van der Waals surface area contributed by atoms with Crippen LogP contribution in [0.3, 0.4) is 0 Å². The van der Waals surface area contributed by atoms with Gasteiger partial charge in [0.25, 0.3) is 0 Å². The van der Waals surface area contributed by atoms with Gasteiger partial charge in [0.1, 0.15) is 0 Å². The van der Waals surface area contributed by atoms with Gasteiger partial charge < -0.3 is 10.0 Å². The van der Waals surface area contributed by atoms with Gasteiger partial charge in [-0.05, 0) is 49.8 Å². The summed E-state index contributed by atoms with van der Waals surface area (Å²) in [5.74, 6) is -0.682. The minimum absolute atomic E-state index is 0.237. The molecule has 1 amide bonds. The maximum Gasteiger partial charge on any atom is 0.335 e. The number of aryl methyl sites for hydroxylation is 1. The van der Waals surface area contributed by atoms with E-state index >= 15 is 0 Å². The summed E-state index contributed by atoms with van der Waals surface area (Å²) in [6.07, 6.45) is 6.86. The van der Waals surface area contributed by atoms with Crippen molar-refractivity contribution in [2.75, 3.05) is 6.54 Å². The van der Waals surface area contributed by atoms with Crippen molar-refractivity contribution in [3.05, 3.63) is 35.4 Å². The molecule has 120 valence electrons. The number of hydrogen-bond donors (Lipinski definition) is 1. The molecule has 1 aliphatic heterocycles. The number of aromatic carboxylic acids is 1. The number of carboxylic acid groups (broad SMARTS) is 1. The van der Waals surface area contributed by atoms with E-state index in [1.165, 1.54) is 6.42 Å². The van der Waals surface area contributed by atoms with E-state index in [9.17, 15) is 9.59 Å². The molecule has 0 spiro atoms. The van der Waals surface area contributed by atoms with E-state index in [-0.39, 0.29) is 11.5 Å². The first kappa shape index (κ1) is 16.5. The Bertz CT molecular complexity index is 508. The maximum absolute atomic E-state index is 12.5. The van der Waals surface area contributed by atoms with Crippen molar-refractivity contribution >= 4 is 11.9 Å². The number of carbonyl (C=O) groups is 2. The van der Waals surface area contributed by atoms with Gasteiger partial charge in [0.2, 0.25) is 5.91 Å². The fraction of sp³-hybridized carbons (Fsp3) is 0.556. The predicted octanol–water partition coefficient (Wildman–Crippen LogP) is 3.50. The number of benzene rings is 1. The Hall–Kier alpha value is -1.84. The van der Waals surface area contributed by atoms with Crippen molar-refractivity contribution in [2.24, 2.45) is 0 Å². The molecule has 1 atom stereocenters. The second-order valence-corrected chi connectivity index (χ2v) is 6.03. The molecule has 1 unspecified atom stereocenters. The van der Waals surface area contributed by atoms with Crippen LogP contribution in [0.15, 0.2) is 24.3 Å². The molecule has 4 heteroatoms. The van der Waals surface area contributed by atoms with Crippen LogP contribution in [-0.2, 0) is 11.2 Å². The number of likely N-dealkylation sites (tertiary alicyclic amines) is 1. The van der Waals surface area contributed by atoms with Crippen molar-refractivity contribution in [3.63, 3.8) is 0 Å². The van der Waals surface area contributed by atoms with Gasteiger partial charge in [-0.25, -0.2) is 4.79 Å². The third-order valence-electron chi connectivity index (χ3n) is 4.40. The van der Waals surface area contributed by atoms with E-state index in [1.54, 1.807) is 24.3 Å². The number of carbonyl (C=O) groups excluding carboxylic acids is 1. The topological polar surface area (TPSA) is 57.6 Å². The zero-order valence-electron chi connectivity index (χ0n) is 13.3. The summed E-state index contributed by atoms with van der Waals surface area (Å²) >= 11 is 0. The highest BCUT2D eigenvalue weighted by atomic mass is 16.4. The Morgan fingerprint density at radius 2 is 1.95 bits per heavy atom. The smallest absolute Gasteiger partial charge is 0.335 e. The normalized spacial score (nSPS) is 18.2. The Morgan fingerprint density at radius 1 is 1.23 bits per heavy atom. The molecule has 1 N–H and O–H groups in total. The summed E-state index contributed by atoms with van der Waals surface area (Å²) in [6, 6.07) is 7.22. The Labute approximate surface area is 132 Å². The Kier molecular flexibility index (Phi) is 5.99. The van der Waals surface area contributed by atoms with Gasteiger partial charge in [-0.3, -0.25) is 4.79 Å². The lowest BCUT2D eigenvalue weighted by Gasteiger charge is -2.36. The Morgan fingerprint density at radius 3 is 2.59 bits per heavy atom. The molecule has 1 saturated heterocycles. The summed E-state index contributed by atoms with van der Waals surface area (Å²) in [5, 5.41) is 8.88. The number of amides is 1. The molecule has 0 radical (unpaired) electrons. The minimum atomic E-state index is -0.918. The van der Waals surface area contributed by atoms with Crippen LogP contribution in [0.1, 0.15) is 61.4 Å². The van der Waals surface area contributed by atoms with Crippen molar-refractivity contribution in [1.82, 2.24) is 4.90 Å². The largest absolute Gasteiger partial charge is 0.478 e. The van der Waals surface area contributed by atoms with Crippen LogP contribution < -0.4 is 0 Å². The van der Waals surface area contributed by atoms with Crippen molar-refractivity contribution in [2.45, 2.75) is 57.9 Å². The molecule has 1 heterocycles. The number of nitrogens with zero attached hydrogens (tertiary/aromatic N) is 1. The van der Waals surface area contributed by atoms with Crippen molar-refractivity contribution in [1.29, 1.82) is 0 Å². The third kappa shape index (κ3) is 4.33. The first-order valence-electron chi connectivity index (χ1n) is 8.23. The molecule has 0 aromatic heterocycles. The lowest BCUT2D eigenvalue weighted by Crippen LogP contribution is -2.43.